The Kier molecular flexibility index (Phi) is 12.3. The molecule has 284 valence electrons. The van der Waals surface area contributed by atoms with Crippen LogP contribution in [0, 0.1) is 11.8 Å². The third-order valence-electron chi connectivity index (χ3n) is 11.9. The highest BCUT2D eigenvalue weighted by atomic mass is 79.9. The number of hydrogen-bond donors (Lipinski definition) is 1. The van der Waals surface area contributed by atoms with Crippen molar-refractivity contribution in [2.24, 2.45) is 11.8 Å². The van der Waals surface area contributed by atoms with Gasteiger partial charge in [-0.1, -0.05) is 108 Å². The Hall–Kier alpha value is -3.80. The third-order valence-corrected chi connectivity index (χ3v) is 12.8. The van der Waals surface area contributed by atoms with Crippen LogP contribution >= 0.6 is 15.9 Å². The Morgan fingerprint density at radius 3 is 2.28 bits per heavy atom. The van der Waals surface area contributed by atoms with Gasteiger partial charge in [-0.3, -0.25) is 19.2 Å². The van der Waals surface area contributed by atoms with Crippen molar-refractivity contribution in [3.63, 3.8) is 0 Å². The minimum atomic E-state index is -1.35. The van der Waals surface area contributed by atoms with Gasteiger partial charge in [-0.15, -0.1) is 13.2 Å². The number of carbonyl (C=O) groups is 4. The fraction of sp³-hybridized carbons (Fsp3) is 0.524. The molecular weight excluding hydrogens is 738 g/mol. The summed E-state index contributed by atoms with van der Waals surface area (Å²) in [7, 11) is 1.69. The van der Waals surface area contributed by atoms with Gasteiger partial charge < -0.3 is 29.3 Å². The van der Waals surface area contributed by atoms with E-state index in [2.05, 4.69) is 29.1 Å². The van der Waals surface area contributed by atoms with Crippen molar-refractivity contribution < 1.29 is 33.8 Å². The number of benzene rings is 2. The molecule has 2 aromatic carbocycles. The molecule has 9 atom stereocenters. The molecule has 11 heteroatoms. The number of rotatable bonds is 15. The quantitative estimate of drug-likeness (QED) is 0.136. The summed E-state index contributed by atoms with van der Waals surface area (Å²) < 4.78 is 13.3. The second-order valence-electron chi connectivity index (χ2n) is 14.9. The van der Waals surface area contributed by atoms with Gasteiger partial charge in [0.2, 0.25) is 17.7 Å². The van der Waals surface area contributed by atoms with Crippen LogP contribution in [0.4, 0.5) is 0 Å². The summed E-state index contributed by atoms with van der Waals surface area (Å²) in [4.78, 5) is 62.7. The molecular formula is C42H52BrN3O7. The van der Waals surface area contributed by atoms with E-state index in [-0.39, 0.29) is 29.1 Å². The summed E-state index contributed by atoms with van der Waals surface area (Å²) in [6.07, 6.45) is 7.74. The SMILES string of the molecule is C=CCCC(=O)N(C)[C@@H](C)[C@@H](OC(=O)[C@H]1[C@@H]2O[C@@]3(CC2Br)[C@@H]1C(=O)N([C@H](CO)c1ccccc1)[C@@H]3C(=O)N(CC=C)C1CCCCC1)c1ccccc1. The summed E-state index contributed by atoms with van der Waals surface area (Å²) in [5.74, 6) is -3.49. The number of likely N-dealkylation sites (tertiary alicyclic amines) is 1. The van der Waals surface area contributed by atoms with Gasteiger partial charge in [0.1, 0.15) is 17.7 Å². The van der Waals surface area contributed by atoms with Crippen molar-refractivity contribution in [3.8, 4) is 0 Å². The van der Waals surface area contributed by atoms with E-state index in [0.717, 1.165) is 32.1 Å². The van der Waals surface area contributed by atoms with Gasteiger partial charge in [-0.2, -0.15) is 0 Å². The molecule has 3 heterocycles. The van der Waals surface area contributed by atoms with Crippen LogP contribution < -0.4 is 0 Å². The van der Waals surface area contributed by atoms with Gasteiger partial charge in [-0.05, 0) is 43.7 Å². The minimum Gasteiger partial charge on any atom is -0.455 e. The van der Waals surface area contributed by atoms with E-state index in [1.165, 1.54) is 4.90 Å². The van der Waals surface area contributed by atoms with E-state index < -0.39 is 66.3 Å². The molecule has 10 nitrogen and oxygen atoms in total. The highest BCUT2D eigenvalue weighted by molar-refractivity contribution is 9.09. The Balaban J connectivity index is 1.40. The van der Waals surface area contributed by atoms with E-state index in [1.807, 2.05) is 72.5 Å². The van der Waals surface area contributed by atoms with E-state index >= 15 is 9.59 Å². The zero-order valence-electron chi connectivity index (χ0n) is 30.7. The molecule has 0 radical (unpaired) electrons. The Labute approximate surface area is 321 Å². The van der Waals surface area contributed by atoms with E-state index in [4.69, 9.17) is 9.47 Å². The van der Waals surface area contributed by atoms with Gasteiger partial charge in [0.25, 0.3) is 0 Å². The Bertz CT molecular complexity index is 1650. The van der Waals surface area contributed by atoms with Crippen molar-refractivity contribution in [2.75, 3.05) is 20.2 Å². The molecule has 1 unspecified atom stereocenters. The first-order chi connectivity index (χ1) is 25.6. The zero-order valence-corrected chi connectivity index (χ0v) is 32.3. The lowest BCUT2D eigenvalue weighted by Crippen LogP contribution is -2.59. The largest absolute Gasteiger partial charge is 0.455 e. The minimum absolute atomic E-state index is 0.0237. The maximum absolute atomic E-state index is 15.2. The van der Waals surface area contributed by atoms with Gasteiger partial charge in [0, 0.05) is 30.9 Å². The maximum Gasteiger partial charge on any atom is 0.313 e. The molecule has 3 aliphatic heterocycles. The number of aliphatic hydroxyl groups excluding tert-OH is 1. The van der Waals surface area contributed by atoms with Crippen LogP contribution in [-0.4, -0.2) is 98.4 Å². The van der Waals surface area contributed by atoms with Crippen molar-refractivity contribution in [1.29, 1.82) is 0 Å². The Morgan fingerprint density at radius 2 is 1.68 bits per heavy atom. The molecule has 3 saturated heterocycles. The van der Waals surface area contributed by atoms with Gasteiger partial charge in [0.05, 0.1) is 36.6 Å². The molecule has 3 amide bonds. The molecule has 1 N–H and O–H groups in total. The highest BCUT2D eigenvalue weighted by Crippen LogP contribution is 2.62. The predicted molar refractivity (Wildman–Crippen MR) is 205 cm³/mol. The summed E-state index contributed by atoms with van der Waals surface area (Å²) in [5, 5.41) is 10.9. The summed E-state index contributed by atoms with van der Waals surface area (Å²) in [5.41, 5.74) is 0.0325. The number of amides is 3. The topological polar surface area (TPSA) is 117 Å². The van der Waals surface area contributed by atoms with Crippen molar-refractivity contribution >= 4 is 39.6 Å². The number of halogens is 1. The number of alkyl halides is 1. The number of hydrogen-bond acceptors (Lipinski definition) is 7. The number of ether oxygens (including phenoxy) is 2. The molecule has 0 aromatic heterocycles. The number of esters is 1. The highest BCUT2D eigenvalue weighted by Gasteiger charge is 2.78. The lowest BCUT2D eigenvalue weighted by Gasteiger charge is -2.42. The smallest absolute Gasteiger partial charge is 0.313 e. The third kappa shape index (κ3) is 7.24. The molecule has 1 spiro atoms. The van der Waals surface area contributed by atoms with E-state index in [9.17, 15) is 14.7 Å². The van der Waals surface area contributed by atoms with Crippen LogP contribution in [0.3, 0.4) is 0 Å². The monoisotopic (exact) mass is 789 g/mol. The molecule has 53 heavy (non-hydrogen) atoms. The maximum atomic E-state index is 15.2. The van der Waals surface area contributed by atoms with Gasteiger partial charge >= 0.3 is 5.97 Å². The zero-order chi connectivity index (χ0) is 37.9. The number of aliphatic hydroxyl groups is 1. The van der Waals surface area contributed by atoms with Crippen molar-refractivity contribution in [1.82, 2.24) is 14.7 Å². The molecule has 6 rings (SSSR count). The fourth-order valence-electron chi connectivity index (χ4n) is 9.21. The number of nitrogens with zero attached hydrogens (tertiary/aromatic N) is 3. The molecule has 2 bridgehead atoms. The molecule has 1 aliphatic carbocycles. The average molecular weight is 791 g/mol. The molecule has 2 aromatic rings. The second kappa shape index (κ2) is 16.7. The second-order valence-corrected chi connectivity index (χ2v) is 16.1. The van der Waals surface area contributed by atoms with Crippen molar-refractivity contribution in [3.05, 3.63) is 97.1 Å². The van der Waals surface area contributed by atoms with Gasteiger partial charge in [0.15, 0.2) is 0 Å². The normalized spacial score (nSPS) is 28.1. The summed E-state index contributed by atoms with van der Waals surface area (Å²) in [6.45, 7) is 9.40. The van der Waals surface area contributed by atoms with Crippen LogP contribution in [0.5, 0.6) is 0 Å². The first-order valence-electron chi connectivity index (χ1n) is 18.9. The van der Waals surface area contributed by atoms with Crippen LogP contribution in [-0.2, 0) is 28.7 Å². The standard InChI is InChI=1S/C42H52BrN3O7/c1-5-7-23-33(48)44(4)27(3)36(29-19-13-9-14-20-29)52-41(51)34-35-39(49)46(32(26-47)28-17-11-8-12-18-28)38(42(35)25-31(43)37(34)53-42)40(50)45(24-6-2)30-21-15-10-16-22-30/h5-6,8-9,11-14,17-20,27,30-32,34-38,47H,1-2,7,10,15-16,21-26H2,3-4H3/t27-,31?,32+,34+,35-,36+,37+,38+,42-/m0/s1. The fourth-order valence-corrected chi connectivity index (χ4v) is 10.2. The lowest BCUT2D eigenvalue weighted by molar-refractivity contribution is -0.165. The van der Waals surface area contributed by atoms with Crippen LogP contribution in [0.1, 0.15) is 81.6 Å². The van der Waals surface area contributed by atoms with Crippen molar-refractivity contribution in [2.45, 2.75) is 105 Å². The van der Waals surface area contributed by atoms with E-state index in [0.29, 0.717) is 30.5 Å². The molecule has 1 saturated carbocycles. The van der Waals surface area contributed by atoms with Crippen LogP contribution in [0.25, 0.3) is 0 Å². The number of fused-ring (bicyclic) bond motifs is 1. The first kappa shape index (κ1) is 38.9. The number of allylic oxidation sites excluding steroid dienone is 1. The molecule has 4 fully saturated rings. The molecule has 4 aliphatic rings. The van der Waals surface area contributed by atoms with Gasteiger partial charge in [-0.25, -0.2) is 0 Å². The van der Waals surface area contributed by atoms with E-state index in [1.54, 1.807) is 24.1 Å². The first-order valence-corrected chi connectivity index (χ1v) is 19.8. The van der Waals surface area contributed by atoms with Crippen LogP contribution in [0.2, 0.25) is 0 Å². The number of likely N-dealkylation sites (N-methyl/N-ethyl adjacent to an activating group) is 1. The predicted octanol–water partition coefficient (Wildman–Crippen LogP) is 5.91. The summed E-state index contributed by atoms with van der Waals surface area (Å²) in [6, 6.07) is 15.9. The lowest BCUT2D eigenvalue weighted by atomic mass is 9.70. The Morgan fingerprint density at radius 1 is 1.04 bits per heavy atom. The average Bonchev–Trinajstić information content (AvgIpc) is 3.78. The van der Waals surface area contributed by atoms with Crippen LogP contribution in [0.15, 0.2) is 86.0 Å². The number of carbonyl (C=O) groups excluding carboxylic acids is 4. The summed E-state index contributed by atoms with van der Waals surface area (Å²) >= 11 is 3.79.